The summed E-state index contributed by atoms with van der Waals surface area (Å²) in [5, 5.41) is 5.69. The van der Waals surface area contributed by atoms with E-state index in [9.17, 15) is 0 Å². The van der Waals surface area contributed by atoms with E-state index in [0.29, 0.717) is 0 Å². The van der Waals surface area contributed by atoms with Gasteiger partial charge in [-0.1, -0.05) is 6.07 Å². The van der Waals surface area contributed by atoms with Gasteiger partial charge in [0.2, 0.25) is 0 Å². The van der Waals surface area contributed by atoms with Crippen LogP contribution < -0.4 is 5.32 Å². The van der Waals surface area contributed by atoms with Gasteiger partial charge in [0.05, 0.1) is 12.1 Å². The Morgan fingerprint density at radius 2 is 2.62 bits per heavy atom. The number of ether oxygens (including phenoxy) is 1. The van der Waals surface area contributed by atoms with Crippen LogP contribution in [0.5, 0.6) is 0 Å². The molecular weight excluding hydrogens is 182 g/mol. The number of thiophene rings is 1. The van der Waals surface area contributed by atoms with Crippen LogP contribution in [0.3, 0.4) is 0 Å². The monoisotopic (exact) mass is 197 g/mol. The molecule has 0 aliphatic carbocycles. The van der Waals surface area contributed by atoms with Crippen molar-refractivity contribution in [2.24, 2.45) is 0 Å². The van der Waals surface area contributed by atoms with E-state index in [4.69, 9.17) is 4.74 Å². The molecule has 13 heavy (non-hydrogen) atoms. The van der Waals surface area contributed by atoms with Gasteiger partial charge in [0.15, 0.2) is 0 Å². The molecule has 0 spiro atoms. The lowest BCUT2D eigenvalue weighted by atomic mass is 9.97. The molecule has 1 N–H and O–H groups in total. The first-order valence-corrected chi connectivity index (χ1v) is 5.53. The van der Waals surface area contributed by atoms with Gasteiger partial charge in [-0.25, -0.2) is 0 Å². The van der Waals surface area contributed by atoms with Crippen LogP contribution in [-0.2, 0) is 10.3 Å². The van der Waals surface area contributed by atoms with E-state index < -0.39 is 0 Å². The summed E-state index contributed by atoms with van der Waals surface area (Å²) in [6.45, 7) is 1.90. The fourth-order valence-corrected chi connectivity index (χ4v) is 2.93. The fourth-order valence-electron chi connectivity index (χ4n) is 2.01. The fraction of sp³-hybridized carbons (Fsp3) is 0.600. The van der Waals surface area contributed by atoms with Crippen LogP contribution in [-0.4, -0.2) is 20.3 Å². The third-order valence-electron chi connectivity index (χ3n) is 2.63. The molecule has 2 rings (SSSR count). The summed E-state index contributed by atoms with van der Waals surface area (Å²) >= 11 is 1.82. The van der Waals surface area contributed by atoms with Gasteiger partial charge in [0.25, 0.3) is 0 Å². The van der Waals surface area contributed by atoms with Crippen molar-refractivity contribution in [3.63, 3.8) is 0 Å². The lowest BCUT2D eigenvalue weighted by molar-refractivity contribution is 0.122. The summed E-state index contributed by atoms with van der Waals surface area (Å²) in [5.41, 5.74) is 0.114. The van der Waals surface area contributed by atoms with Crippen LogP contribution in [0.25, 0.3) is 0 Å². The van der Waals surface area contributed by atoms with Crippen molar-refractivity contribution in [3.05, 3.63) is 22.4 Å². The molecule has 0 radical (unpaired) electrons. The number of nitrogens with one attached hydrogen (secondary N) is 1. The summed E-state index contributed by atoms with van der Waals surface area (Å²) in [7, 11) is 1.77. The van der Waals surface area contributed by atoms with E-state index in [0.717, 1.165) is 13.2 Å². The van der Waals surface area contributed by atoms with Gasteiger partial charge >= 0.3 is 0 Å². The van der Waals surface area contributed by atoms with Crippen molar-refractivity contribution in [2.45, 2.75) is 18.4 Å². The molecule has 1 aliphatic rings. The van der Waals surface area contributed by atoms with E-state index in [1.807, 2.05) is 11.3 Å². The molecule has 1 atom stereocenters. The molecule has 1 fully saturated rings. The normalized spacial score (nSPS) is 28.1. The highest BCUT2D eigenvalue weighted by molar-refractivity contribution is 7.10. The molecule has 3 heteroatoms. The predicted molar refractivity (Wildman–Crippen MR) is 55.1 cm³/mol. The Bertz CT molecular complexity index is 252. The SMILES string of the molecule is COCC1(c2cccs2)CCCN1. The quantitative estimate of drug-likeness (QED) is 0.800. The minimum atomic E-state index is 0.114. The van der Waals surface area contributed by atoms with E-state index in [1.165, 1.54) is 17.7 Å². The van der Waals surface area contributed by atoms with E-state index in [1.54, 1.807) is 7.11 Å². The molecule has 2 heterocycles. The van der Waals surface area contributed by atoms with E-state index in [-0.39, 0.29) is 5.54 Å². The van der Waals surface area contributed by atoms with Crippen LogP contribution in [0.15, 0.2) is 17.5 Å². The highest BCUT2D eigenvalue weighted by Gasteiger charge is 2.35. The molecule has 2 nitrogen and oxygen atoms in total. The van der Waals surface area contributed by atoms with Gasteiger partial charge < -0.3 is 10.1 Å². The van der Waals surface area contributed by atoms with Crippen molar-refractivity contribution in [1.29, 1.82) is 0 Å². The first-order chi connectivity index (χ1) is 6.37. The second-order valence-electron chi connectivity index (χ2n) is 3.52. The first kappa shape index (κ1) is 9.19. The highest BCUT2D eigenvalue weighted by Crippen LogP contribution is 2.33. The molecule has 0 aromatic carbocycles. The average Bonchev–Trinajstić information content (AvgIpc) is 2.73. The summed E-state index contributed by atoms with van der Waals surface area (Å²) < 4.78 is 5.30. The third kappa shape index (κ3) is 1.64. The molecule has 1 aliphatic heterocycles. The van der Waals surface area contributed by atoms with Crippen LogP contribution in [0, 0.1) is 0 Å². The lowest BCUT2D eigenvalue weighted by Gasteiger charge is -2.27. The molecule has 0 bridgehead atoms. The van der Waals surface area contributed by atoms with Crippen LogP contribution in [0.2, 0.25) is 0 Å². The van der Waals surface area contributed by atoms with E-state index in [2.05, 4.69) is 22.8 Å². The first-order valence-electron chi connectivity index (χ1n) is 4.65. The molecule has 1 aromatic rings. The Balaban J connectivity index is 2.22. The Hall–Kier alpha value is -0.380. The predicted octanol–water partition coefficient (Wildman–Crippen LogP) is 1.97. The van der Waals surface area contributed by atoms with Crippen molar-refractivity contribution >= 4 is 11.3 Å². The van der Waals surface area contributed by atoms with Crippen molar-refractivity contribution in [3.8, 4) is 0 Å². The maximum Gasteiger partial charge on any atom is 0.0765 e. The summed E-state index contributed by atoms with van der Waals surface area (Å²) in [6, 6.07) is 4.30. The zero-order chi connectivity index (χ0) is 9.15. The van der Waals surface area contributed by atoms with Gasteiger partial charge in [-0.05, 0) is 30.8 Å². The highest BCUT2D eigenvalue weighted by atomic mass is 32.1. The Kier molecular flexibility index (Phi) is 2.67. The maximum atomic E-state index is 5.30. The maximum absolute atomic E-state index is 5.30. The lowest BCUT2D eigenvalue weighted by Crippen LogP contribution is -2.40. The van der Waals surface area contributed by atoms with Crippen molar-refractivity contribution in [1.82, 2.24) is 5.32 Å². The minimum absolute atomic E-state index is 0.114. The molecule has 0 amide bonds. The number of methoxy groups -OCH3 is 1. The smallest absolute Gasteiger partial charge is 0.0765 e. The Labute approximate surface area is 82.9 Å². The molecular formula is C10H15NOS. The Morgan fingerprint density at radius 1 is 1.69 bits per heavy atom. The van der Waals surface area contributed by atoms with Gasteiger partial charge in [-0.2, -0.15) is 0 Å². The summed E-state index contributed by atoms with van der Waals surface area (Å²) in [5.74, 6) is 0. The zero-order valence-electron chi connectivity index (χ0n) is 7.88. The number of rotatable bonds is 3. The third-order valence-corrected chi connectivity index (χ3v) is 3.70. The van der Waals surface area contributed by atoms with E-state index >= 15 is 0 Å². The van der Waals surface area contributed by atoms with Gasteiger partial charge in [0.1, 0.15) is 0 Å². The summed E-state index contributed by atoms with van der Waals surface area (Å²) in [6.07, 6.45) is 2.45. The molecule has 1 aromatic heterocycles. The van der Waals surface area contributed by atoms with Gasteiger partial charge in [0, 0.05) is 12.0 Å². The second-order valence-corrected chi connectivity index (χ2v) is 4.47. The zero-order valence-corrected chi connectivity index (χ0v) is 8.69. The molecule has 0 saturated carbocycles. The Morgan fingerprint density at radius 3 is 3.15 bits per heavy atom. The average molecular weight is 197 g/mol. The summed E-state index contributed by atoms with van der Waals surface area (Å²) in [4.78, 5) is 1.41. The van der Waals surface area contributed by atoms with Gasteiger partial charge in [-0.3, -0.25) is 0 Å². The standard InChI is InChI=1S/C10H15NOS/c1-12-8-10(5-3-6-11-10)9-4-2-7-13-9/h2,4,7,11H,3,5-6,8H2,1H3. The van der Waals surface area contributed by atoms with Crippen LogP contribution in [0.4, 0.5) is 0 Å². The van der Waals surface area contributed by atoms with Crippen molar-refractivity contribution in [2.75, 3.05) is 20.3 Å². The van der Waals surface area contributed by atoms with Gasteiger partial charge in [-0.15, -0.1) is 11.3 Å². The van der Waals surface area contributed by atoms with Crippen LogP contribution >= 0.6 is 11.3 Å². The number of hydrogen-bond donors (Lipinski definition) is 1. The second kappa shape index (κ2) is 3.78. The largest absolute Gasteiger partial charge is 0.382 e. The minimum Gasteiger partial charge on any atom is -0.382 e. The molecule has 1 unspecified atom stereocenters. The molecule has 72 valence electrons. The number of hydrogen-bond acceptors (Lipinski definition) is 3. The topological polar surface area (TPSA) is 21.3 Å². The molecule has 1 saturated heterocycles. The van der Waals surface area contributed by atoms with Crippen LogP contribution in [0.1, 0.15) is 17.7 Å². The van der Waals surface area contributed by atoms with Crippen molar-refractivity contribution < 1.29 is 4.74 Å².